The van der Waals surface area contributed by atoms with Gasteiger partial charge in [0, 0.05) is 52.2 Å². The summed E-state index contributed by atoms with van der Waals surface area (Å²) in [6, 6.07) is 25.7. The Bertz CT molecular complexity index is 1820. The Labute approximate surface area is 364 Å². The molecule has 0 N–H and O–H groups in total. The van der Waals surface area contributed by atoms with Crippen molar-refractivity contribution in [2.45, 2.75) is 40.0 Å². The van der Waals surface area contributed by atoms with Crippen LogP contribution in [0.5, 0.6) is 0 Å². The van der Waals surface area contributed by atoms with Gasteiger partial charge >= 0.3 is 52.4 Å². The first-order valence-corrected chi connectivity index (χ1v) is 20.3. The fraction of sp³-hybridized carbons (Fsp3) is 0.150. The molecule has 0 spiro atoms. The summed E-state index contributed by atoms with van der Waals surface area (Å²) in [5.41, 5.74) is 15.1. The van der Waals surface area contributed by atoms with Crippen LogP contribution in [0.15, 0.2) is 153 Å². The van der Waals surface area contributed by atoms with Crippen molar-refractivity contribution in [3.63, 3.8) is 0 Å². The van der Waals surface area contributed by atoms with Crippen molar-refractivity contribution in [2.24, 2.45) is 9.98 Å². The standard InChI is InChI=1S/2C10H11NSi.2C10H9.4ClH.2Zr/c1-12(2)7-8-3-9-5-11-6-10(9)4-8;1-12(2)7-8-5-9-3-4-11-10(9)6-8;2*1-8-6-9-4-2-3-5-10(9)7-8;;;;;;/h2*3-7H,1-2H3;2*2-7H,1H3;4*1H;;/q;;2*-1;;;;;2*+4/p-4. The average molecular weight is 929 g/mol. The number of aliphatic imine (C=N–C) groups is 2. The van der Waals surface area contributed by atoms with Crippen LogP contribution in [0.4, 0.5) is 0 Å². The molecule has 0 saturated carbocycles. The SMILES string of the molecule is C[Si](C)=CC1=CC2=CN=CC2=C1.C[Si](C)=CC1=CC2=NC=CC2=C1.Cc1cc2ccccc2[cH-]1.Cc1cc2ccccc2[cH-]1.[Cl-].[Cl-].[Cl-].[Cl-].[Zr+4].[Zr+4]. The van der Waals surface area contributed by atoms with Crippen molar-refractivity contribution in [1.82, 2.24) is 0 Å². The van der Waals surface area contributed by atoms with Gasteiger partial charge in [-0.1, -0.05) is 63.5 Å². The van der Waals surface area contributed by atoms with Crippen molar-refractivity contribution < 1.29 is 102 Å². The van der Waals surface area contributed by atoms with E-state index in [9.17, 15) is 0 Å². The van der Waals surface area contributed by atoms with Gasteiger partial charge in [-0.05, 0) is 41.5 Å². The Morgan fingerprint density at radius 3 is 1.54 bits per heavy atom. The number of benzene rings is 2. The van der Waals surface area contributed by atoms with Gasteiger partial charge in [0.25, 0.3) is 0 Å². The number of hydrogen-bond donors (Lipinski definition) is 0. The Morgan fingerprint density at radius 2 is 1.08 bits per heavy atom. The molecule has 4 aliphatic rings. The van der Waals surface area contributed by atoms with E-state index in [-0.39, 0.29) is 119 Å². The van der Waals surface area contributed by atoms with Crippen LogP contribution < -0.4 is 49.6 Å². The summed E-state index contributed by atoms with van der Waals surface area (Å²) in [4.78, 5) is 8.31. The van der Waals surface area contributed by atoms with Gasteiger partial charge in [0.15, 0.2) is 0 Å². The summed E-state index contributed by atoms with van der Waals surface area (Å²) >= 11 is 0. The Kier molecular flexibility index (Phi) is 25.0. The molecule has 4 aromatic rings. The molecule has 2 aliphatic heterocycles. The predicted molar refractivity (Wildman–Crippen MR) is 201 cm³/mol. The van der Waals surface area contributed by atoms with E-state index in [4.69, 9.17) is 0 Å². The molecule has 0 bridgehead atoms. The molecule has 0 atom stereocenters. The zero-order valence-electron chi connectivity index (χ0n) is 29.1. The minimum absolute atomic E-state index is 0. The number of rotatable bonds is 2. The minimum atomic E-state index is -0.265. The first-order chi connectivity index (χ1) is 21.2. The van der Waals surface area contributed by atoms with Gasteiger partial charge in [0.2, 0.25) is 0 Å². The molecule has 0 unspecified atom stereocenters. The van der Waals surface area contributed by atoms with Crippen molar-refractivity contribution in [1.29, 1.82) is 0 Å². The molecule has 0 saturated heterocycles. The molecule has 10 heteroatoms. The monoisotopic (exact) mass is 924 g/mol. The van der Waals surface area contributed by atoms with Crippen LogP contribution >= 0.6 is 0 Å². The van der Waals surface area contributed by atoms with Crippen LogP contribution in [-0.4, -0.2) is 40.1 Å². The van der Waals surface area contributed by atoms with Crippen LogP contribution in [0.2, 0.25) is 26.2 Å². The van der Waals surface area contributed by atoms with Crippen LogP contribution in [0.25, 0.3) is 21.5 Å². The van der Waals surface area contributed by atoms with E-state index >= 15 is 0 Å². The molecule has 0 amide bonds. The molecular formula is C40H40Cl4N2Si2Zr2+2. The zero-order chi connectivity index (χ0) is 31.1. The predicted octanol–water partition coefficient (Wildman–Crippen LogP) is -2.34. The number of aryl methyl sites for hydroxylation is 2. The molecule has 0 radical (unpaired) electrons. The molecular weight excluding hydrogens is 889 g/mol. The van der Waals surface area contributed by atoms with Crippen LogP contribution in [0.3, 0.4) is 0 Å². The van der Waals surface area contributed by atoms with Gasteiger partial charge in [0.05, 0.1) is 5.71 Å². The van der Waals surface area contributed by atoms with E-state index < -0.39 is 0 Å². The second-order valence-electron chi connectivity index (χ2n) is 11.9. The second-order valence-corrected chi connectivity index (χ2v) is 16.8. The summed E-state index contributed by atoms with van der Waals surface area (Å²) in [7, 11) is -0.522. The van der Waals surface area contributed by atoms with Crippen molar-refractivity contribution in [3.05, 3.63) is 155 Å². The number of halogens is 4. The second kappa shape index (κ2) is 24.7. The quantitative estimate of drug-likeness (QED) is 0.160. The van der Waals surface area contributed by atoms with Gasteiger partial charge in [0.1, 0.15) is 0 Å². The zero-order valence-corrected chi connectivity index (χ0v) is 39.0. The average Bonchev–Trinajstić information content (AvgIpc) is 3.78. The Balaban J connectivity index is 0. The number of fused-ring (bicyclic) bond motifs is 4. The van der Waals surface area contributed by atoms with Gasteiger partial charge in [-0.25, -0.2) is 0 Å². The molecule has 50 heavy (non-hydrogen) atoms. The largest absolute Gasteiger partial charge is 4.00 e. The van der Waals surface area contributed by atoms with E-state index in [1.54, 1.807) is 0 Å². The fourth-order valence-electron chi connectivity index (χ4n) is 5.41. The van der Waals surface area contributed by atoms with Crippen LogP contribution in [-0.2, 0) is 52.4 Å². The summed E-state index contributed by atoms with van der Waals surface area (Å²) < 4.78 is 0. The molecule has 252 valence electrons. The fourth-order valence-corrected chi connectivity index (χ4v) is 7.08. The smallest absolute Gasteiger partial charge is 1.00 e. The Hall–Kier alpha value is -1.46. The first kappa shape index (κ1) is 50.6. The molecule has 8 rings (SSSR count). The molecule has 0 aromatic heterocycles. The van der Waals surface area contributed by atoms with Crippen molar-refractivity contribution in [2.75, 3.05) is 0 Å². The number of allylic oxidation sites excluding steroid dienone is 10. The van der Waals surface area contributed by atoms with Gasteiger partial charge in [-0.2, -0.15) is 12.1 Å². The molecule has 2 aliphatic carbocycles. The summed E-state index contributed by atoms with van der Waals surface area (Å²) in [6.45, 7) is 13.4. The van der Waals surface area contributed by atoms with Gasteiger partial charge in [-0.3, -0.25) is 9.98 Å². The third kappa shape index (κ3) is 14.9. The molecule has 0 fully saturated rings. The summed E-state index contributed by atoms with van der Waals surface area (Å²) in [5, 5.41) is 5.39. The topological polar surface area (TPSA) is 24.7 Å². The third-order valence-electron chi connectivity index (χ3n) is 7.23. The maximum absolute atomic E-state index is 4.24. The van der Waals surface area contributed by atoms with Gasteiger partial charge < -0.3 is 49.6 Å². The minimum Gasteiger partial charge on any atom is -1.00 e. The normalized spacial score (nSPS) is 13.0. The van der Waals surface area contributed by atoms with Crippen molar-refractivity contribution >= 4 is 61.6 Å². The third-order valence-corrected chi connectivity index (χ3v) is 9.05. The van der Waals surface area contributed by atoms with E-state index in [2.05, 4.69) is 165 Å². The van der Waals surface area contributed by atoms with Crippen molar-refractivity contribution in [3.8, 4) is 0 Å². The number of nitrogens with zero attached hydrogens (tertiary/aromatic N) is 2. The van der Waals surface area contributed by atoms with E-state index in [0.29, 0.717) is 0 Å². The maximum Gasteiger partial charge on any atom is 4.00 e. The molecule has 2 nitrogen and oxygen atoms in total. The summed E-state index contributed by atoms with van der Waals surface area (Å²) in [5.74, 6) is 0. The molecule has 4 aromatic carbocycles. The first-order valence-electron chi connectivity index (χ1n) is 15.1. The number of hydrogen-bond acceptors (Lipinski definition) is 2. The van der Waals surface area contributed by atoms with Crippen LogP contribution in [0.1, 0.15) is 11.1 Å². The van der Waals surface area contributed by atoms with E-state index in [1.165, 1.54) is 60.5 Å². The molecule has 2 heterocycles. The maximum atomic E-state index is 4.24. The van der Waals surface area contributed by atoms with E-state index in [1.807, 2.05) is 18.6 Å². The van der Waals surface area contributed by atoms with Crippen LogP contribution in [0, 0.1) is 13.8 Å². The summed E-state index contributed by atoms with van der Waals surface area (Å²) in [6.07, 6.45) is 16.5. The van der Waals surface area contributed by atoms with Gasteiger partial charge in [-0.15, -0.1) is 81.2 Å². The van der Waals surface area contributed by atoms with E-state index in [0.717, 1.165) is 5.71 Å². The Morgan fingerprint density at radius 1 is 0.600 bits per heavy atom.